The van der Waals surface area contributed by atoms with E-state index in [1.165, 1.54) is 0 Å². The highest BCUT2D eigenvalue weighted by atomic mass is 35.5. The SMILES string of the molecule is CCCNC(=O)[C@H]1[C@H]2C(=O)N(CCCO)C(C(=O)Nc3c(C)cccc3Cl)C23CC[C@]1(C)S3. The summed E-state index contributed by atoms with van der Waals surface area (Å²) < 4.78 is -1.06. The van der Waals surface area contributed by atoms with Gasteiger partial charge in [0.2, 0.25) is 17.7 Å². The second-order valence-electron chi connectivity index (χ2n) is 9.55. The molecule has 33 heavy (non-hydrogen) atoms. The number of aliphatic hydroxyl groups is 1. The first-order chi connectivity index (χ1) is 15.7. The molecule has 3 heterocycles. The number of aliphatic hydroxyl groups excluding tert-OH is 1. The van der Waals surface area contributed by atoms with E-state index in [0.29, 0.717) is 30.1 Å². The number of amides is 3. The van der Waals surface area contributed by atoms with Crippen LogP contribution >= 0.6 is 23.4 Å². The lowest BCUT2D eigenvalue weighted by atomic mass is 9.66. The summed E-state index contributed by atoms with van der Waals surface area (Å²) in [5.41, 5.74) is 1.38. The summed E-state index contributed by atoms with van der Waals surface area (Å²) in [7, 11) is 0. The Hall–Kier alpha value is -1.77. The van der Waals surface area contributed by atoms with E-state index in [-0.39, 0.29) is 35.6 Å². The summed E-state index contributed by atoms with van der Waals surface area (Å²) in [4.78, 5) is 42.3. The molecular formula is C24H32ClN3O4S. The first kappa shape index (κ1) is 24.4. The molecule has 0 saturated carbocycles. The number of rotatable bonds is 8. The summed E-state index contributed by atoms with van der Waals surface area (Å²) in [5.74, 6) is -1.58. The fourth-order valence-electron chi connectivity index (χ4n) is 5.95. The number of hydrogen-bond donors (Lipinski definition) is 3. The van der Waals surface area contributed by atoms with Crippen molar-refractivity contribution >= 4 is 46.8 Å². The van der Waals surface area contributed by atoms with Crippen LogP contribution in [0.4, 0.5) is 5.69 Å². The molecule has 2 bridgehead atoms. The van der Waals surface area contributed by atoms with Crippen LogP contribution in [-0.2, 0) is 14.4 Å². The molecule has 0 radical (unpaired) electrons. The number of benzene rings is 1. The number of anilines is 1. The normalized spacial score (nSPS) is 32.2. The van der Waals surface area contributed by atoms with Gasteiger partial charge in [-0.15, -0.1) is 11.8 Å². The number of carbonyl (C=O) groups is 3. The van der Waals surface area contributed by atoms with Crippen molar-refractivity contribution in [1.29, 1.82) is 0 Å². The van der Waals surface area contributed by atoms with Crippen molar-refractivity contribution in [3.05, 3.63) is 28.8 Å². The summed E-state index contributed by atoms with van der Waals surface area (Å²) in [5, 5.41) is 15.8. The van der Waals surface area contributed by atoms with Crippen molar-refractivity contribution in [2.45, 2.75) is 62.0 Å². The van der Waals surface area contributed by atoms with Gasteiger partial charge in [0, 0.05) is 24.4 Å². The molecule has 3 amide bonds. The van der Waals surface area contributed by atoms with Gasteiger partial charge in [0.05, 0.1) is 27.3 Å². The van der Waals surface area contributed by atoms with Gasteiger partial charge in [-0.2, -0.15) is 0 Å². The van der Waals surface area contributed by atoms with Gasteiger partial charge in [0.25, 0.3) is 0 Å². The van der Waals surface area contributed by atoms with Crippen LogP contribution in [0.1, 0.15) is 45.1 Å². The van der Waals surface area contributed by atoms with Gasteiger partial charge in [-0.25, -0.2) is 0 Å². The third-order valence-corrected chi connectivity index (χ3v) is 9.68. The lowest BCUT2D eigenvalue weighted by molar-refractivity contribution is -0.140. The van der Waals surface area contributed by atoms with Crippen LogP contribution < -0.4 is 10.6 Å². The Morgan fingerprint density at radius 2 is 2.06 bits per heavy atom. The van der Waals surface area contributed by atoms with Crippen molar-refractivity contribution in [2.24, 2.45) is 11.8 Å². The highest BCUT2D eigenvalue weighted by Gasteiger charge is 2.76. The average Bonchev–Trinajstić information content (AvgIpc) is 3.34. The van der Waals surface area contributed by atoms with E-state index in [1.54, 1.807) is 22.7 Å². The Kier molecular flexibility index (Phi) is 6.73. The van der Waals surface area contributed by atoms with Crippen LogP contribution in [0.5, 0.6) is 0 Å². The minimum absolute atomic E-state index is 0.0787. The number of aryl methyl sites for hydroxylation is 1. The van der Waals surface area contributed by atoms with E-state index in [4.69, 9.17) is 11.6 Å². The molecule has 3 N–H and O–H groups in total. The van der Waals surface area contributed by atoms with E-state index >= 15 is 0 Å². The van der Waals surface area contributed by atoms with Crippen LogP contribution in [0.3, 0.4) is 0 Å². The zero-order valence-corrected chi connectivity index (χ0v) is 20.9. The molecule has 9 heteroatoms. The Bertz CT molecular complexity index is 955. The second-order valence-corrected chi connectivity index (χ2v) is 11.9. The maximum absolute atomic E-state index is 13.8. The Morgan fingerprint density at radius 1 is 1.30 bits per heavy atom. The number of fused-ring (bicyclic) bond motifs is 1. The third kappa shape index (κ3) is 3.84. The van der Waals surface area contributed by atoms with Crippen molar-refractivity contribution < 1.29 is 19.5 Å². The van der Waals surface area contributed by atoms with E-state index in [2.05, 4.69) is 17.6 Å². The van der Waals surface area contributed by atoms with Gasteiger partial charge in [0.1, 0.15) is 6.04 Å². The van der Waals surface area contributed by atoms with E-state index in [1.807, 2.05) is 26.0 Å². The molecular weight excluding hydrogens is 462 g/mol. The predicted molar refractivity (Wildman–Crippen MR) is 130 cm³/mol. The summed E-state index contributed by atoms with van der Waals surface area (Å²) in [6.07, 6.45) is 2.65. The molecule has 2 unspecified atom stereocenters. The molecule has 180 valence electrons. The molecule has 0 aromatic heterocycles. The van der Waals surface area contributed by atoms with Crippen LogP contribution in [0.15, 0.2) is 18.2 Å². The van der Waals surface area contributed by atoms with Gasteiger partial charge in [-0.05, 0) is 51.2 Å². The zero-order valence-electron chi connectivity index (χ0n) is 19.3. The number of nitrogens with zero attached hydrogens (tertiary/aromatic N) is 1. The Balaban J connectivity index is 1.72. The van der Waals surface area contributed by atoms with Crippen LogP contribution in [0.25, 0.3) is 0 Å². The third-order valence-electron chi connectivity index (χ3n) is 7.38. The van der Waals surface area contributed by atoms with Crippen LogP contribution in [0.2, 0.25) is 5.02 Å². The van der Waals surface area contributed by atoms with Crippen molar-refractivity contribution in [2.75, 3.05) is 25.0 Å². The molecule has 7 nitrogen and oxygen atoms in total. The molecule has 3 fully saturated rings. The number of carbonyl (C=O) groups excluding carboxylic acids is 3. The van der Waals surface area contributed by atoms with E-state index in [9.17, 15) is 19.5 Å². The highest BCUT2D eigenvalue weighted by molar-refractivity contribution is 8.02. The van der Waals surface area contributed by atoms with Crippen molar-refractivity contribution in [3.8, 4) is 0 Å². The van der Waals surface area contributed by atoms with Gasteiger partial charge in [0.15, 0.2) is 0 Å². The molecule has 5 atom stereocenters. The maximum Gasteiger partial charge on any atom is 0.248 e. The molecule has 1 aromatic rings. The summed E-state index contributed by atoms with van der Waals surface area (Å²) in [6.45, 7) is 6.68. The Labute approximate surface area is 204 Å². The summed E-state index contributed by atoms with van der Waals surface area (Å²) >= 11 is 8.00. The van der Waals surface area contributed by atoms with Gasteiger partial charge >= 0.3 is 0 Å². The fourth-order valence-corrected chi connectivity index (χ4v) is 8.57. The standard InChI is InChI=1S/C24H32ClN3O4S/c1-4-11-26-20(30)16-17-22(32)28(12-6-13-29)19(24(17)10-9-23(16,3)33-24)21(31)27-18-14(2)7-5-8-15(18)25/h5,7-8,16-17,19,29H,4,6,9-13H2,1-3H3,(H,26,30)(H,27,31)/t16-,17+,19?,23+,24?/m1/s1. The first-order valence-electron chi connectivity index (χ1n) is 11.7. The Morgan fingerprint density at radius 3 is 2.73 bits per heavy atom. The topological polar surface area (TPSA) is 98.7 Å². The predicted octanol–water partition coefficient (Wildman–Crippen LogP) is 2.98. The number of nitrogens with one attached hydrogen (secondary N) is 2. The number of likely N-dealkylation sites (tertiary alicyclic amines) is 1. The monoisotopic (exact) mass is 493 g/mol. The number of para-hydroxylation sites is 1. The largest absolute Gasteiger partial charge is 0.396 e. The fraction of sp³-hybridized carbons (Fsp3) is 0.625. The minimum Gasteiger partial charge on any atom is -0.396 e. The lowest BCUT2D eigenvalue weighted by Crippen LogP contribution is -2.52. The molecule has 1 spiro atoms. The van der Waals surface area contributed by atoms with Crippen LogP contribution in [0, 0.1) is 18.8 Å². The number of thioether (sulfide) groups is 1. The maximum atomic E-state index is 13.8. The molecule has 0 aliphatic carbocycles. The van der Waals surface area contributed by atoms with E-state index in [0.717, 1.165) is 18.4 Å². The molecule has 3 aliphatic heterocycles. The molecule has 3 saturated heterocycles. The van der Waals surface area contributed by atoms with Crippen molar-refractivity contribution in [1.82, 2.24) is 10.2 Å². The second kappa shape index (κ2) is 9.12. The van der Waals surface area contributed by atoms with Gasteiger partial charge < -0.3 is 20.6 Å². The smallest absolute Gasteiger partial charge is 0.248 e. The molecule has 3 aliphatic rings. The quantitative estimate of drug-likeness (QED) is 0.517. The summed E-state index contributed by atoms with van der Waals surface area (Å²) in [6, 6.07) is 4.69. The zero-order chi connectivity index (χ0) is 24.0. The molecule has 1 aromatic carbocycles. The first-order valence-corrected chi connectivity index (χ1v) is 12.8. The van der Waals surface area contributed by atoms with Crippen molar-refractivity contribution in [3.63, 3.8) is 0 Å². The average molecular weight is 494 g/mol. The van der Waals surface area contributed by atoms with E-state index < -0.39 is 22.6 Å². The number of halogens is 1. The molecule has 4 rings (SSSR count). The highest BCUT2D eigenvalue weighted by Crippen LogP contribution is 2.71. The number of hydrogen-bond acceptors (Lipinski definition) is 5. The lowest BCUT2D eigenvalue weighted by Gasteiger charge is -2.35. The van der Waals surface area contributed by atoms with Gasteiger partial charge in [-0.3, -0.25) is 14.4 Å². The van der Waals surface area contributed by atoms with Crippen LogP contribution in [-0.4, -0.2) is 63.0 Å². The van der Waals surface area contributed by atoms with Gasteiger partial charge in [-0.1, -0.05) is 30.7 Å². The minimum atomic E-state index is -0.729.